The van der Waals surface area contributed by atoms with Gasteiger partial charge in [-0.15, -0.1) is 11.3 Å². The summed E-state index contributed by atoms with van der Waals surface area (Å²) in [6, 6.07) is 11.4. The summed E-state index contributed by atoms with van der Waals surface area (Å²) in [7, 11) is 1.62. The third kappa shape index (κ3) is 4.76. The van der Waals surface area contributed by atoms with Crippen LogP contribution in [0.15, 0.2) is 59.4 Å². The molecule has 0 bridgehead atoms. The van der Waals surface area contributed by atoms with Crippen LogP contribution in [-0.4, -0.2) is 28.0 Å². The Hall–Kier alpha value is -3.15. The van der Waals surface area contributed by atoms with E-state index in [2.05, 4.69) is 16.9 Å². The van der Waals surface area contributed by atoms with Gasteiger partial charge in [0, 0.05) is 17.0 Å². The molecule has 0 saturated carbocycles. The molecule has 0 amide bonds. The van der Waals surface area contributed by atoms with Crippen LogP contribution in [0.5, 0.6) is 5.75 Å². The molecule has 0 saturated heterocycles. The van der Waals surface area contributed by atoms with Gasteiger partial charge in [0.2, 0.25) is 0 Å². The van der Waals surface area contributed by atoms with Crippen LogP contribution < -0.4 is 16.2 Å². The average Bonchev–Trinajstić information content (AvgIpc) is 3.32. The Labute approximate surface area is 165 Å². The number of ether oxygens (including phenoxy) is 1. The lowest BCUT2D eigenvalue weighted by Gasteiger charge is -2.01. The number of aromatic nitrogens is 3. The maximum Gasteiger partial charge on any atom is 0.346 e. The fraction of sp³-hybridized carbons (Fsp3) is 0.200. The third-order valence-electron chi connectivity index (χ3n) is 3.97. The monoisotopic (exact) mass is 398 g/mol. The van der Waals surface area contributed by atoms with E-state index in [4.69, 9.17) is 10.5 Å². The Kier molecular flexibility index (Phi) is 6.42. The van der Waals surface area contributed by atoms with Crippen molar-refractivity contribution in [2.24, 2.45) is 5.73 Å². The molecule has 6 nitrogen and oxygen atoms in total. The number of methoxy groups -OCH3 is 1. The lowest BCUT2D eigenvalue weighted by molar-refractivity contribution is 0.415. The van der Waals surface area contributed by atoms with Crippen molar-refractivity contribution in [3.8, 4) is 17.6 Å². The van der Waals surface area contributed by atoms with Crippen LogP contribution in [0.4, 0.5) is 4.39 Å². The van der Waals surface area contributed by atoms with Gasteiger partial charge in [-0.1, -0.05) is 11.8 Å². The van der Waals surface area contributed by atoms with Crippen molar-refractivity contribution >= 4 is 11.3 Å². The van der Waals surface area contributed by atoms with Crippen molar-refractivity contribution in [3.05, 3.63) is 80.4 Å². The quantitative estimate of drug-likeness (QED) is 0.647. The van der Waals surface area contributed by atoms with Crippen LogP contribution in [0, 0.1) is 11.8 Å². The molecule has 0 aliphatic rings. The van der Waals surface area contributed by atoms with Gasteiger partial charge in [-0.25, -0.2) is 13.9 Å². The van der Waals surface area contributed by atoms with Gasteiger partial charge in [0.15, 0.2) is 0 Å². The molecule has 0 fully saturated rings. The molecule has 8 heteroatoms. The summed E-state index contributed by atoms with van der Waals surface area (Å²) in [6.07, 6.45) is 1.86. The normalized spacial score (nSPS) is 11.2. The Morgan fingerprint density at radius 3 is 2.75 bits per heavy atom. The predicted octanol–water partition coefficient (Wildman–Crippen LogP) is 2.38. The lowest BCUT2D eigenvalue weighted by Crippen LogP contribution is -2.26. The molecule has 0 radical (unpaired) electrons. The second-order valence-corrected chi connectivity index (χ2v) is 7.08. The zero-order valence-electron chi connectivity index (χ0n) is 15.3. The summed E-state index contributed by atoms with van der Waals surface area (Å²) in [5.74, 6) is 7.02. The highest BCUT2D eigenvalue weighted by Gasteiger charge is 2.08. The van der Waals surface area contributed by atoms with E-state index in [-0.39, 0.29) is 18.8 Å². The first-order chi connectivity index (χ1) is 13.6. The van der Waals surface area contributed by atoms with E-state index in [9.17, 15) is 9.18 Å². The van der Waals surface area contributed by atoms with Gasteiger partial charge in [-0.2, -0.15) is 5.10 Å². The number of benzene rings is 1. The van der Waals surface area contributed by atoms with E-state index in [1.54, 1.807) is 7.11 Å². The van der Waals surface area contributed by atoms with Gasteiger partial charge in [-0.3, -0.25) is 4.57 Å². The molecule has 0 aliphatic carbocycles. The highest BCUT2D eigenvalue weighted by molar-refractivity contribution is 7.12. The molecule has 28 heavy (non-hydrogen) atoms. The summed E-state index contributed by atoms with van der Waals surface area (Å²) < 4.78 is 20.4. The van der Waals surface area contributed by atoms with Crippen LogP contribution in [0.1, 0.15) is 15.3 Å². The lowest BCUT2D eigenvalue weighted by atomic mass is 10.2. The second-order valence-electron chi connectivity index (χ2n) is 5.92. The van der Waals surface area contributed by atoms with Gasteiger partial charge in [0.1, 0.15) is 12.1 Å². The van der Waals surface area contributed by atoms with Crippen LogP contribution in [0.3, 0.4) is 0 Å². The summed E-state index contributed by atoms with van der Waals surface area (Å²) in [5.41, 5.74) is 6.31. The number of halogens is 1. The number of nitrogens with two attached hydrogens (primary N) is 1. The summed E-state index contributed by atoms with van der Waals surface area (Å²) in [5, 5.41) is 4.01. The summed E-state index contributed by atoms with van der Waals surface area (Å²) in [6.45, 7) is 0.462. The number of thiophene rings is 1. The van der Waals surface area contributed by atoms with Crippen molar-refractivity contribution in [1.82, 2.24) is 14.3 Å². The van der Waals surface area contributed by atoms with Gasteiger partial charge in [0.25, 0.3) is 0 Å². The first-order valence-corrected chi connectivity index (χ1v) is 9.30. The molecular weight excluding hydrogens is 379 g/mol. The van der Waals surface area contributed by atoms with Crippen molar-refractivity contribution in [1.29, 1.82) is 0 Å². The zero-order chi connectivity index (χ0) is 19.9. The summed E-state index contributed by atoms with van der Waals surface area (Å²) in [4.78, 5) is 14.2. The molecule has 144 valence electrons. The standard InChI is InChI=1S/C20H19FN4O2S/c1-27-17-5-2-15(3-6-17)4-7-18-8-9-19(28-18)13-24-14-23-25(20(24)26)12-16(10-21)11-22/h2-3,5-6,8-10,14H,11-13,22H2,1H3/b16-10+. The SMILES string of the molecule is COc1ccc(C#Cc2ccc(Cn3cnn(C/C(=C/F)CN)c3=O)s2)cc1. The van der Waals surface area contributed by atoms with Crippen LogP contribution in [-0.2, 0) is 13.1 Å². The smallest absolute Gasteiger partial charge is 0.346 e. The van der Waals surface area contributed by atoms with E-state index in [0.717, 1.165) is 21.1 Å². The van der Waals surface area contributed by atoms with E-state index < -0.39 is 0 Å². The van der Waals surface area contributed by atoms with E-state index in [0.29, 0.717) is 18.4 Å². The molecule has 2 N–H and O–H groups in total. The van der Waals surface area contributed by atoms with Gasteiger partial charge in [-0.05, 0) is 42.0 Å². The number of hydrogen-bond donors (Lipinski definition) is 1. The Morgan fingerprint density at radius 2 is 2.07 bits per heavy atom. The fourth-order valence-electron chi connectivity index (χ4n) is 2.43. The Morgan fingerprint density at radius 1 is 1.29 bits per heavy atom. The molecule has 1 aromatic carbocycles. The Balaban J connectivity index is 1.69. The predicted molar refractivity (Wildman–Crippen MR) is 107 cm³/mol. The summed E-state index contributed by atoms with van der Waals surface area (Å²) >= 11 is 1.51. The average molecular weight is 398 g/mol. The molecule has 0 spiro atoms. The first kappa shape index (κ1) is 19.6. The minimum atomic E-state index is -0.313. The van der Waals surface area contributed by atoms with Crippen LogP contribution in [0.25, 0.3) is 0 Å². The third-order valence-corrected chi connectivity index (χ3v) is 4.96. The molecule has 0 unspecified atom stereocenters. The highest BCUT2D eigenvalue weighted by atomic mass is 32.1. The second kappa shape index (κ2) is 9.17. The number of rotatable bonds is 6. The molecule has 3 rings (SSSR count). The van der Waals surface area contributed by atoms with E-state index in [1.807, 2.05) is 36.4 Å². The molecule has 2 aromatic heterocycles. The fourth-order valence-corrected chi connectivity index (χ4v) is 3.29. The van der Waals surface area contributed by atoms with Crippen molar-refractivity contribution in [3.63, 3.8) is 0 Å². The van der Waals surface area contributed by atoms with Crippen LogP contribution in [0.2, 0.25) is 0 Å². The number of nitrogens with zero attached hydrogens (tertiary/aromatic N) is 3. The van der Waals surface area contributed by atoms with Gasteiger partial charge < -0.3 is 10.5 Å². The Bertz CT molecular complexity index is 1080. The van der Waals surface area contributed by atoms with Crippen molar-refractivity contribution < 1.29 is 9.13 Å². The van der Waals surface area contributed by atoms with Gasteiger partial charge in [0.05, 0.1) is 31.4 Å². The molecule has 2 heterocycles. The van der Waals surface area contributed by atoms with Gasteiger partial charge >= 0.3 is 5.69 Å². The molecule has 0 aliphatic heterocycles. The maximum atomic E-state index is 12.7. The largest absolute Gasteiger partial charge is 0.497 e. The molecular formula is C20H19FN4O2S. The van der Waals surface area contributed by atoms with E-state index in [1.165, 1.54) is 26.9 Å². The highest BCUT2D eigenvalue weighted by Crippen LogP contribution is 2.17. The van der Waals surface area contributed by atoms with E-state index >= 15 is 0 Å². The molecule has 3 aromatic rings. The van der Waals surface area contributed by atoms with Crippen LogP contribution >= 0.6 is 11.3 Å². The van der Waals surface area contributed by atoms with Crippen molar-refractivity contribution in [2.45, 2.75) is 13.1 Å². The topological polar surface area (TPSA) is 75.1 Å². The number of hydrogen-bond acceptors (Lipinski definition) is 5. The minimum Gasteiger partial charge on any atom is -0.497 e. The maximum absolute atomic E-state index is 12.7. The minimum absolute atomic E-state index is 0.0386. The van der Waals surface area contributed by atoms with Crippen molar-refractivity contribution in [2.75, 3.05) is 13.7 Å². The zero-order valence-corrected chi connectivity index (χ0v) is 16.1. The molecule has 0 atom stereocenters. The first-order valence-electron chi connectivity index (χ1n) is 8.48.